The Labute approximate surface area is 213 Å². The van der Waals surface area contributed by atoms with Crippen molar-refractivity contribution in [2.75, 3.05) is 13.1 Å². The molecular weight excluding hydrogens is 520 g/mol. The fraction of sp³-hybridized carbons (Fsp3) is 0.320. The largest absolute Gasteiger partial charge is 0.481 e. The summed E-state index contributed by atoms with van der Waals surface area (Å²) in [4.78, 5) is 39.4. The number of benzene rings is 2. The van der Waals surface area contributed by atoms with Crippen LogP contribution in [0.25, 0.3) is 10.9 Å². The zero-order chi connectivity index (χ0) is 26.3. The van der Waals surface area contributed by atoms with Gasteiger partial charge in [-0.25, -0.2) is 0 Å². The molecule has 2 aromatic carbocycles. The Hall–Kier alpha value is -3.04. The predicted molar refractivity (Wildman–Crippen MR) is 127 cm³/mol. The van der Waals surface area contributed by atoms with Crippen LogP contribution in [-0.4, -0.2) is 45.3 Å². The fourth-order valence-corrected chi connectivity index (χ4v) is 5.90. The monoisotopic (exact) mass is 538 g/mol. The molecule has 2 fully saturated rings. The summed E-state index contributed by atoms with van der Waals surface area (Å²) in [5.74, 6) is -2.59. The van der Waals surface area contributed by atoms with Crippen molar-refractivity contribution >= 4 is 51.8 Å². The molecule has 3 aromatic rings. The number of fused-ring (bicyclic) bond motifs is 2. The first-order chi connectivity index (χ1) is 16.8. The van der Waals surface area contributed by atoms with Gasteiger partial charge in [0.15, 0.2) is 0 Å². The molecule has 2 atom stereocenters. The number of nitrogens with zero attached hydrogens (tertiary/aromatic N) is 2. The van der Waals surface area contributed by atoms with Gasteiger partial charge in [0.25, 0.3) is 5.91 Å². The predicted octanol–water partition coefficient (Wildman–Crippen LogP) is 5.45. The number of carboxylic acids is 1. The van der Waals surface area contributed by atoms with Gasteiger partial charge in [0.05, 0.1) is 38.3 Å². The molecule has 5 rings (SSSR count). The zero-order valence-electron chi connectivity index (χ0n) is 19.0. The molecule has 188 valence electrons. The van der Waals surface area contributed by atoms with E-state index in [4.69, 9.17) is 23.2 Å². The van der Waals surface area contributed by atoms with Crippen LogP contribution in [0.1, 0.15) is 37.5 Å². The first kappa shape index (κ1) is 24.6. The number of aryl methyl sites for hydroxylation is 2. The molecule has 1 amide bonds. The Morgan fingerprint density at radius 3 is 2.28 bits per heavy atom. The number of rotatable bonds is 4. The topological polar surface area (TPSA) is 79.6 Å². The van der Waals surface area contributed by atoms with E-state index in [1.54, 1.807) is 0 Å². The van der Waals surface area contributed by atoms with E-state index in [9.17, 15) is 32.7 Å². The normalized spacial score (nSPS) is 21.1. The molecule has 0 bridgehead atoms. The van der Waals surface area contributed by atoms with Crippen LogP contribution in [-0.2, 0) is 18.0 Å². The third-order valence-corrected chi connectivity index (χ3v) is 7.95. The highest BCUT2D eigenvalue weighted by atomic mass is 35.5. The van der Waals surface area contributed by atoms with Gasteiger partial charge in [-0.15, -0.1) is 0 Å². The molecule has 1 saturated carbocycles. The average molecular weight is 539 g/mol. The number of halogens is 5. The number of likely N-dealkylation sites (tertiary alicyclic amines) is 1. The van der Waals surface area contributed by atoms with Crippen LogP contribution >= 0.6 is 23.2 Å². The van der Waals surface area contributed by atoms with Crippen molar-refractivity contribution in [1.82, 2.24) is 9.47 Å². The number of carbonyl (C=O) groups is 3. The van der Waals surface area contributed by atoms with Gasteiger partial charge in [0.2, 0.25) is 5.78 Å². The summed E-state index contributed by atoms with van der Waals surface area (Å²) in [6, 6.07) is 6.26. The second-order valence-corrected chi connectivity index (χ2v) is 10.1. The Morgan fingerprint density at radius 2 is 1.69 bits per heavy atom. The third-order valence-electron chi connectivity index (χ3n) is 7.24. The first-order valence-corrected chi connectivity index (χ1v) is 11.8. The molecule has 1 N–H and O–H groups in total. The van der Waals surface area contributed by atoms with Gasteiger partial charge in [-0.3, -0.25) is 14.4 Å². The fourth-order valence-electron chi connectivity index (χ4n) is 5.27. The SMILES string of the molecule is Cc1cc(C(F)(F)F)cc2c1cc(C(=O)c1c(Cl)ccc(C(=O)N3CC4C(C3)C4C(=O)O)c1Cl)n2C. The van der Waals surface area contributed by atoms with Crippen molar-refractivity contribution < 1.29 is 32.7 Å². The van der Waals surface area contributed by atoms with Gasteiger partial charge >= 0.3 is 12.1 Å². The summed E-state index contributed by atoms with van der Waals surface area (Å²) in [5, 5.41) is 9.50. The van der Waals surface area contributed by atoms with E-state index in [-0.39, 0.29) is 57.3 Å². The number of amides is 1. The minimum absolute atomic E-state index is 0.00489. The highest BCUT2D eigenvalue weighted by Crippen LogP contribution is 2.52. The minimum Gasteiger partial charge on any atom is -0.481 e. The van der Waals surface area contributed by atoms with E-state index in [0.717, 1.165) is 12.1 Å². The molecule has 2 unspecified atom stereocenters. The number of ketones is 1. The lowest BCUT2D eigenvalue weighted by atomic mass is 10.0. The average Bonchev–Trinajstić information content (AvgIpc) is 3.12. The van der Waals surface area contributed by atoms with E-state index in [1.165, 1.54) is 41.6 Å². The molecule has 36 heavy (non-hydrogen) atoms. The number of alkyl halides is 3. The highest BCUT2D eigenvalue weighted by Gasteiger charge is 2.60. The molecule has 1 aliphatic carbocycles. The smallest absolute Gasteiger partial charge is 0.416 e. The van der Waals surface area contributed by atoms with Gasteiger partial charge in [-0.05, 0) is 54.7 Å². The second-order valence-electron chi connectivity index (χ2n) is 9.33. The maximum absolute atomic E-state index is 13.5. The van der Waals surface area contributed by atoms with Crippen LogP contribution < -0.4 is 0 Å². The summed E-state index contributed by atoms with van der Waals surface area (Å²) in [5.41, 5.74) is -0.279. The van der Waals surface area contributed by atoms with E-state index >= 15 is 0 Å². The molecular formula is C25H19Cl2F3N2O4. The van der Waals surface area contributed by atoms with Gasteiger partial charge < -0.3 is 14.6 Å². The molecule has 1 aliphatic heterocycles. The molecule has 0 spiro atoms. The molecule has 6 nitrogen and oxygen atoms in total. The summed E-state index contributed by atoms with van der Waals surface area (Å²) < 4.78 is 41.3. The zero-order valence-corrected chi connectivity index (χ0v) is 20.5. The van der Waals surface area contributed by atoms with Gasteiger partial charge in [-0.1, -0.05) is 23.2 Å². The van der Waals surface area contributed by atoms with E-state index in [1.807, 2.05) is 0 Å². The van der Waals surface area contributed by atoms with Crippen LogP contribution in [0, 0.1) is 24.7 Å². The summed E-state index contributed by atoms with van der Waals surface area (Å²) in [6.45, 7) is 2.10. The van der Waals surface area contributed by atoms with E-state index in [0.29, 0.717) is 10.9 Å². The standard InChI is InChI=1S/C25H19Cl2F3N2O4/c1-10-5-11(25(28,29)30)6-17-13(10)7-18(31(17)2)22(33)20-16(26)4-3-12(21(20)27)23(34)32-8-14-15(9-32)19(14)24(35)36/h3-7,14-15,19H,8-9H2,1-2H3,(H,35,36). The van der Waals surface area contributed by atoms with Crippen molar-refractivity contribution in [1.29, 1.82) is 0 Å². The lowest BCUT2D eigenvalue weighted by Crippen LogP contribution is -2.33. The van der Waals surface area contributed by atoms with Crippen molar-refractivity contribution in [3.63, 3.8) is 0 Å². The number of aliphatic carboxylic acids is 1. The van der Waals surface area contributed by atoms with Crippen LogP contribution in [0.5, 0.6) is 0 Å². The second kappa shape index (κ2) is 8.24. The van der Waals surface area contributed by atoms with Gasteiger partial charge in [0.1, 0.15) is 0 Å². The Morgan fingerprint density at radius 1 is 1.06 bits per heavy atom. The Kier molecular flexibility index (Phi) is 5.64. The Balaban J connectivity index is 1.50. The molecule has 1 saturated heterocycles. The summed E-state index contributed by atoms with van der Waals surface area (Å²) in [6.07, 6.45) is -4.55. The van der Waals surface area contributed by atoms with Crippen LogP contribution in [0.15, 0.2) is 30.3 Å². The minimum atomic E-state index is -4.55. The van der Waals surface area contributed by atoms with Crippen molar-refractivity contribution in [2.45, 2.75) is 13.1 Å². The van der Waals surface area contributed by atoms with Crippen molar-refractivity contribution in [2.24, 2.45) is 24.8 Å². The highest BCUT2D eigenvalue weighted by molar-refractivity contribution is 6.42. The molecule has 1 aromatic heterocycles. The third kappa shape index (κ3) is 3.76. The number of piperidine rings is 1. The Bertz CT molecular complexity index is 1470. The lowest BCUT2D eigenvalue weighted by molar-refractivity contribution is -0.139. The first-order valence-electron chi connectivity index (χ1n) is 11.0. The van der Waals surface area contributed by atoms with Gasteiger partial charge in [-0.2, -0.15) is 13.2 Å². The van der Waals surface area contributed by atoms with Gasteiger partial charge in [0, 0.05) is 31.0 Å². The lowest BCUT2D eigenvalue weighted by Gasteiger charge is -2.20. The molecule has 0 radical (unpaired) electrons. The summed E-state index contributed by atoms with van der Waals surface area (Å²) >= 11 is 12.8. The maximum Gasteiger partial charge on any atom is 0.416 e. The van der Waals surface area contributed by atoms with Crippen molar-refractivity contribution in [3.05, 3.63) is 68.3 Å². The number of carboxylic acid groups (broad SMARTS) is 1. The molecule has 2 aliphatic rings. The van der Waals surface area contributed by atoms with Crippen LogP contribution in [0.2, 0.25) is 10.0 Å². The van der Waals surface area contributed by atoms with E-state index < -0.39 is 35.3 Å². The number of hydrogen-bond acceptors (Lipinski definition) is 3. The number of carbonyl (C=O) groups excluding carboxylic acids is 2. The molecule has 2 heterocycles. The van der Waals surface area contributed by atoms with Crippen molar-refractivity contribution in [3.8, 4) is 0 Å². The van der Waals surface area contributed by atoms with Crippen LogP contribution in [0.3, 0.4) is 0 Å². The number of hydrogen-bond donors (Lipinski definition) is 1. The van der Waals surface area contributed by atoms with Crippen LogP contribution in [0.4, 0.5) is 13.2 Å². The summed E-state index contributed by atoms with van der Waals surface area (Å²) in [7, 11) is 1.47. The quantitative estimate of drug-likeness (QED) is 0.448. The number of aromatic nitrogens is 1. The molecule has 11 heteroatoms. The van der Waals surface area contributed by atoms with E-state index in [2.05, 4.69) is 0 Å². The maximum atomic E-state index is 13.5.